The van der Waals surface area contributed by atoms with Crippen molar-refractivity contribution in [2.45, 2.75) is 0 Å². The fraction of sp³-hybridized carbons (Fsp3) is 0.0833. The molecule has 2 aromatic rings. The molecule has 0 saturated heterocycles. The van der Waals surface area contributed by atoms with Crippen LogP contribution in [-0.2, 0) is 9.53 Å². The van der Waals surface area contributed by atoms with E-state index in [0.29, 0.717) is 5.13 Å². The third-order valence-corrected chi connectivity index (χ3v) is 3.17. The minimum atomic E-state index is -0.802. The van der Waals surface area contributed by atoms with Gasteiger partial charge in [-0.25, -0.2) is 14.2 Å². The number of benzene rings is 1. The minimum Gasteiger partial charge on any atom is -0.452 e. The lowest BCUT2D eigenvalue weighted by Gasteiger charge is -2.06. The Labute approximate surface area is 122 Å². The van der Waals surface area contributed by atoms with Crippen LogP contribution in [0.1, 0.15) is 10.4 Å². The summed E-state index contributed by atoms with van der Waals surface area (Å²) in [5.41, 5.74) is -0.00452. The molecule has 1 aromatic heterocycles. The van der Waals surface area contributed by atoms with E-state index in [1.165, 1.54) is 23.6 Å². The fourth-order valence-corrected chi connectivity index (χ4v) is 2.09. The number of hydrogen-bond donors (Lipinski definition) is 1. The summed E-state index contributed by atoms with van der Waals surface area (Å²) < 4.78 is 17.6. The molecule has 2 rings (SSSR count). The third kappa shape index (κ3) is 3.75. The number of rotatable bonds is 4. The first-order valence-electron chi connectivity index (χ1n) is 5.38. The maximum atomic E-state index is 12.8. The highest BCUT2D eigenvalue weighted by molar-refractivity contribution is 7.13. The summed E-state index contributed by atoms with van der Waals surface area (Å²) in [5.74, 6) is -1.89. The van der Waals surface area contributed by atoms with Gasteiger partial charge in [0.25, 0.3) is 5.91 Å². The maximum absolute atomic E-state index is 12.8. The van der Waals surface area contributed by atoms with Gasteiger partial charge in [0.2, 0.25) is 0 Å². The van der Waals surface area contributed by atoms with Crippen LogP contribution in [0.4, 0.5) is 9.52 Å². The van der Waals surface area contributed by atoms with Crippen LogP contribution in [0.3, 0.4) is 0 Å². The molecule has 104 valence electrons. The normalized spacial score (nSPS) is 10.1. The van der Waals surface area contributed by atoms with Crippen LogP contribution in [0.25, 0.3) is 0 Å². The van der Waals surface area contributed by atoms with Crippen molar-refractivity contribution in [2.75, 3.05) is 11.9 Å². The van der Waals surface area contributed by atoms with Crippen LogP contribution in [0.5, 0.6) is 0 Å². The molecule has 1 heterocycles. The number of hydrogen-bond acceptors (Lipinski definition) is 5. The Bertz CT molecular complexity index is 634. The fourth-order valence-electron chi connectivity index (χ4n) is 1.30. The summed E-state index contributed by atoms with van der Waals surface area (Å²) >= 11 is 6.94. The molecule has 0 aliphatic heterocycles. The second-order valence-electron chi connectivity index (χ2n) is 3.59. The molecule has 0 saturated carbocycles. The van der Waals surface area contributed by atoms with Gasteiger partial charge in [-0.15, -0.1) is 11.3 Å². The molecular weight excluding hydrogens is 307 g/mol. The molecule has 1 aromatic carbocycles. The first-order chi connectivity index (χ1) is 9.56. The Hall–Kier alpha value is -1.99. The van der Waals surface area contributed by atoms with E-state index < -0.39 is 24.3 Å². The SMILES string of the molecule is O=C(COC(=O)c1ccc(F)cc1Cl)Nc1nccs1. The largest absolute Gasteiger partial charge is 0.452 e. The van der Waals surface area contributed by atoms with Crippen molar-refractivity contribution >= 4 is 39.9 Å². The number of anilines is 1. The van der Waals surface area contributed by atoms with Crippen molar-refractivity contribution in [3.63, 3.8) is 0 Å². The van der Waals surface area contributed by atoms with Gasteiger partial charge in [0.05, 0.1) is 10.6 Å². The lowest BCUT2D eigenvalue weighted by atomic mass is 10.2. The zero-order valence-electron chi connectivity index (χ0n) is 9.93. The maximum Gasteiger partial charge on any atom is 0.340 e. The summed E-state index contributed by atoms with van der Waals surface area (Å²) in [6, 6.07) is 3.27. The van der Waals surface area contributed by atoms with Gasteiger partial charge in [0.1, 0.15) is 5.82 Å². The molecule has 0 aliphatic rings. The quantitative estimate of drug-likeness (QED) is 0.881. The first-order valence-corrected chi connectivity index (χ1v) is 6.63. The lowest BCUT2D eigenvalue weighted by Crippen LogP contribution is -2.21. The molecule has 0 fully saturated rings. The van der Waals surface area contributed by atoms with E-state index in [4.69, 9.17) is 16.3 Å². The van der Waals surface area contributed by atoms with Gasteiger partial charge < -0.3 is 4.74 Å². The molecule has 1 N–H and O–H groups in total. The highest BCUT2D eigenvalue weighted by Gasteiger charge is 2.14. The lowest BCUT2D eigenvalue weighted by molar-refractivity contribution is -0.119. The van der Waals surface area contributed by atoms with Crippen molar-refractivity contribution in [1.82, 2.24) is 4.98 Å². The van der Waals surface area contributed by atoms with E-state index >= 15 is 0 Å². The molecule has 8 heteroatoms. The highest BCUT2D eigenvalue weighted by Crippen LogP contribution is 2.18. The standard InChI is InChI=1S/C12H8ClFN2O3S/c13-9-5-7(14)1-2-8(9)11(18)19-6-10(17)16-12-15-3-4-20-12/h1-5H,6H2,(H,15,16,17). The van der Waals surface area contributed by atoms with Gasteiger partial charge in [0.15, 0.2) is 11.7 Å². The molecule has 5 nitrogen and oxygen atoms in total. The molecule has 20 heavy (non-hydrogen) atoms. The molecule has 0 atom stereocenters. The second kappa shape index (κ2) is 6.44. The van der Waals surface area contributed by atoms with Crippen molar-refractivity contribution in [3.05, 3.63) is 46.2 Å². The van der Waals surface area contributed by atoms with E-state index in [0.717, 1.165) is 12.1 Å². The van der Waals surface area contributed by atoms with Crippen molar-refractivity contribution in [1.29, 1.82) is 0 Å². The third-order valence-electron chi connectivity index (χ3n) is 2.16. The molecule has 1 amide bonds. The number of carbonyl (C=O) groups is 2. The number of ether oxygens (including phenoxy) is 1. The van der Waals surface area contributed by atoms with E-state index in [2.05, 4.69) is 10.3 Å². The Balaban J connectivity index is 1.90. The molecule has 0 spiro atoms. The van der Waals surface area contributed by atoms with Gasteiger partial charge >= 0.3 is 5.97 Å². The monoisotopic (exact) mass is 314 g/mol. The topological polar surface area (TPSA) is 68.3 Å². The van der Waals surface area contributed by atoms with Gasteiger partial charge in [-0.1, -0.05) is 11.6 Å². The Kier molecular flexibility index (Phi) is 4.65. The number of thiazole rings is 1. The number of amides is 1. The second-order valence-corrected chi connectivity index (χ2v) is 4.89. The summed E-state index contributed by atoms with van der Waals surface area (Å²) in [7, 11) is 0. The van der Waals surface area contributed by atoms with Gasteiger partial charge in [-0.3, -0.25) is 10.1 Å². The number of halogens is 2. The van der Waals surface area contributed by atoms with E-state index in [-0.39, 0.29) is 10.6 Å². The number of nitrogens with zero attached hydrogens (tertiary/aromatic N) is 1. The van der Waals surface area contributed by atoms with Gasteiger partial charge in [-0.05, 0) is 18.2 Å². The average molecular weight is 315 g/mol. The van der Waals surface area contributed by atoms with Crippen LogP contribution >= 0.6 is 22.9 Å². The summed E-state index contributed by atoms with van der Waals surface area (Å²) in [4.78, 5) is 27.0. The zero-order valence-corrected chi connectivity index (χ0v) is 11.5. The van der Waals surface area contributed by atoms with E-state index in [9.17, 15) is 14.0 Å². The average Bonchev–Trinajstić information content (AvgIpc) is 2.89. The zero-order chi connectivity index (χ0) is 14.5. The first kappa shape index (κ1) is 14.4. The molecule has 0 radical (unpaired) electrons. The Morgan fingerprint density at radius 1 is 1.45 bits per heavy atom. The molecule has 0 aliphatic carbocycles. The molecule has 0 bridgehead atoms. The van der Waals surface area contributed by atoms with Crippen molar-refractivity contribution in [2.24, 2.45) is 0 Å². The number of carbonyl (C=O) groups excluding carboxylic acids is 2. The number of aromatic nitrogens is 1. The predicted molar refractivity (Wildman–Crippen MR) is 72.4 cm³/mol. The van der Waals surface area contributed by atoms with Crippen molar-refractivity contribution in [3.8, 4) is 0 Å². The number of esters is 1. The van der Waals surface area contributed by atoms with Gasteiger partial charge in [-0.2, -0.15) is 0 Å². The number of nitrogens with one attached hydrogen (secondary N) is 1. The van der Waals surface area contributed by atoms with Crippen LogP contribution < -0.4 is 5.32 Å². The minimum absolute atomic E-state index is 0.00452. The molecular formula is C12H8ClFN2O3S. The van der Waals surface area contributed by atoms with Crippen LogP contribution in [-0.4, -0.2) is 23.5 Å². The Morgan fingerprint density at radius 3 is 2.90 bits per heavy atom. The summed E-state index contributed by atoms with van der Waals surface area (Å²) in [6.45, 7) is -0.480. The molecule has 0 unspecified atom stereocenters. The smallest absolute Gasteiger partial charge is 0.340 e. The van der Waals surface area contributed by atoms with Gasteiger partial charge in [0, 0.05) is 11.6 Å². The van der Waals surface area contributed by atoms with Crippen LogP contribution in [0.2, 0.25) is 5.02 Å². The predicted octanol–water partition coefficient (Wildman–Crippen LogP) is 2.73. The highest BCUT2D eigenvalue weighted by atomic mass is 35.5. The van der Waals surface area contributed by atoms with E-state index in [1.807, 2.05) is 0 Å². The van der Waals surface area contributed by atoms with Crippen molar-refractivity contribution < 1.29 is 18.7 Å². The van der Waals surface area contributed by atoms with Crippen LogP contribution in [0.15, 0.2) is 29.8 Å². The van der Waals surface area contributed by atoms with Crippen LogP contribution in [0, 0.1) is 5.82 Å². The summed E-state index contributed by atoms with van der Waals surface area (Å²) in [5, 5.41) is 4.48. The van der Waals surface area contributed by atoms with E-state index in [1.54, 1.807) is 5.38 Å². The Morgan fingerprint density at radius 2 is 2.25 bits per heavy atom. The summed E-state index contributed by atoms with van der Waals surface area (Å²) in [6.07, 6.45) is 1.53.